The van der Waals surface area contributed by atoms with Gasteiger partial charge in [0.2, 0.25) is 6.79 Å². The molecule has 1 aliphatic heterocycles. The fourth-order valence-electron chi connectivity index (χ4n) is 3.74. The number of aromatic nitrogens is 3. The summed E-state index contributed by atoms with van der Waals surface area (Å²) in [7, 11) is 0. The summed E-state index contributed by atoms with van der Waals surface area (Å²) in [5, 5.41) is 2.25. The molecule has 4 heterocycles. The Morgan fingerprint density at radius 3 is 2.76 bits per heavy atom. The number of fused-ring (bicyclic) bond motifs is 4. The summed E-state index contributed by atoms with van der Waals surface area (Å²) >= 11 is 8.94. The molecule has 5 aromatic rings. The maximum absolute atomic E-state index is 13.6. The number of thioether (sulfide) groups is 1. The van der Waals surface area contributed by atoms with Crippen molar-refractivity contribution in [2.75, 3.05) is 6.79 Å². The van der Waals surface area contributed by atoms with E-state index in [4.69, 9.17) is 26.1 Å². The fraction of sp³-hybridized carbons (Fsp3) is 0.125. The summed E-state index contributed by atoms with van der Waals surface area (Å²) in [6.07, 6.45) is 1.74. The molecular formula is C24H16ClN3O3S2. The number of hydrogen-bond acceptors (Lipinski definition) is 7. The van der Waals surface area contributed by atoms with Crippen LogP contribution in [0.2, 0.25) is 5.02 Å². The Morgan fingerprint density at radius 2 is 1.88 bits per heavy atom. The Hall–Kier alpha value is -3.07. The Labute approximate surface area is 201 Å². The summed E-state index contributed by atoms with van der Waals surface area (Å²) in [6.45, 7) is 0.590. The van der Waals surface area contributed by atoms with E-state index < -0.39 is 0 Å². The van der Waals surface area contributed by atoms with Crippen molar-refractivity contribution in [3.05, 3.63) is 87.3 Å². The lowest BCUT2D eigenvalue weighted by atomic mass is 10.2. The standard InChI is InChI=1S/C24H16ClN3O3S2/c25-16-6-3-14(4-7-16)12-32-24-27-20-17-2-1-9-26-22(17)33-21(20)23(29)28(24)11-15-5-8-18-19(10-15)31-13-30-18/h1-10H,11-13H2. The predicted octanol–water partition coefficient (Wildman–Crippen LogP) is 5.73. The zero-order valence-electron chi connectivity index (χ0n) is 17.2. The Morgan fingerprint density at radius 1 is 1.06 bits per heavy atom. The van der Waals surface area contributed by atoms with Crippen LogP contribution >= 0.6 is 34.7 Å². The van der Waals surface area contributed by atoms with Crippen molar-refractivity contribution >= 4 is 55.1 Å². The van der Waals surface area contributed by atoms with Crippen molar-refractivity contribution in [2.45, 2.75) is 17.5 Å². The van der Waals surface area contributed by atoms with Crippen LogP contribution in [0.4, 0.5) is 0 Å². The molecule has 3 aromatic heterocycles. The van der Waals surface area contributed by atoms with Crippen molar-refractivity contribution < 1.29 is 9.47 Å². The van der Waals surface area contributed by atoms with E-state index in [1.54, 1.807) is 10.8 Å². The zero-order valence-corrected chi connectivity index (χ0v) is 19.5. The van der Waals surface area contributed by atoms with Gasteiger partial charge in [0, 0.05) is 22.4 Å². The second-order valence-electron chi connectivity index (χ2n) is 7.52. The number of pyridine rings is 1. The molecule has 0 saturated heterocycles. The molecule has 0 radical (unpaired) electrons. The minimum atomic E-state index is -0.0701. The Bertz CT molecular complexity index is 1560. The lowest BCUT2D eigenvalue weighted by Gasteiger charge is -2.13. The SMILES string of the molecule is O=c1c2sc3ncccc3c2nc(SCc2ccc(Cl)cc2)n1Cc1ccc2c(c1)OCO2. The lowest BCUT2D eigenvalue weighted by molar-refractivity contribution is 0.174. The van der Waals surface area contributed by atoms with Crippen molar-refractivity contribution in [2.24, 2.45) is 0 Å². The van der Waals surface area contributed by atoms with Gasteiger partial charge in [0.25, 0.3) is 5.56 Å². The molecule has 0 N–H and O–H groups in total. The number of halogens is 1. The highest BCUT2D eigenvalue weighted by Crippen LogP contribution is 2.34. The summed E-state index contributed by atoms with van der Waals surface area (Å²) in [6, 6.07) is 17.3. The predicted molar refractivity (Wildman–Crippen MR) is 132 cm³/mol. The molecule has 0 atom stereocenters. The molecule has 0 aliphatic carbocycles. The van der Waals surface area contributed by atoms with Gasteiger partial charge in [-0.05, 0) is 47.5 Å². The second-order valence-corrected chi connectivity index (χ2v) is 9.90. The van der Waals surface area contributed by atoms with Crippen LogP contribution < -0.4 is 15.0 Å². The molecule has 0 bridgehead atoms. The largest absolute Gasteiger partial charge is 0.454 e. The van der Waals surface area contributed by atoms with Gasteiger partial charge in [0.15, 0.2) is 16.7 Å². The molecule has 6 rings (SSSR count). The smallest absolute Gasteiger partial charge is 0.272 e. The third kappa shape index (κ3) is 3.84. The van der Waals surface area contributed by atoms with E-state index in [-0.39, 0.29) is 12.4 Å². The van der Waals surface area contributed by atoms with E-state index in [1.165, 1.54) is 23.1 Å². The Balaban J connectivity index is 1.45. The topological polar surface area (TPSA) is 66.2 Å². The van der Waals surface area contributed by atoms with E-state index in [0.29, 0.717) is 44.2 Å². The molecule has 0 unspecified atom stereocenters. The number of nitrogens with zero attached hydrogens (tertiary/aromatic N) is 3. The van der Waals surface area contributed by atoms with E-state index in [2.05, 4.69) is 4.98 Å². The molecule has 0 fully saturated rings. The van der Waals surface area contributed by atoms with Gasteiger partial charge in [-0.3, -0.25) is 9.36 Å². The summed E-state index contributed by atoms with van der Waals surface area (Å²) < 4.78 is 13.3. The van der Waals surface area contributed by atoms with E-state index in [1.807, 2.05) is 54.6 Å². The van der Waals surface area contributed by atoms with Crippen LogP contribution in [0.5, 0.6) is 11.5 Å². The summed E-state index contributed by atoms with van der Waals surface area (Å²) in [4.78, 5) is 23.8. The van der Waals surface area contributed by atoms with E-state index >= 15 is 0 Å². The van der Waals surface area contributed by atoms with E-state index in [9.17, 15) is 4.79 Å². The number of thiophene rings is 1. The summed E-state index contributed by atoms with van der Waals surface area (Å²) in [5.74, 6) is 2.07. The highest BCUT2D eigenvalue weighted by Gasteiger charge is 2.19. The first-order valence-corrected chi connectivity index (χ1v) is 12.4. The third-order valence-corrected chi connectivity index (χ3v) is 7.77. The van der Waals surface area contributed by atoms with Gasteiger partial charge in [0.1, 0.15) is 9.53 Å². The fourth-order valence-corrected chi connectivity index (χ4v) is 5.85. The zero-order chi connectivity index (χ0) is 22.4. The van der Waals surface area contributed by atoms with Crippen LogP contribution in [-0.4, -0.2) is 21.3 Å². The molecule has 0 spiro atoms. The first kappa shape index (κ1) is 20.5. The number of benzene rings is 2. The molecule has 1 aliphatic rings. The van der Waals surface area contributed by atoms with Gasteiger partial charge < -0.3 is 9.47 Å². The second kappa shape index (κ2) is 8.37. The van der Waals surface area contributed by atoms with Gasteiger partial charge in [-0.25, -0.2) is 9.97 Å². The Kier molecular flexibility index (Phi) is 5.21. The first-order valence-electron chi connectivity index (χ1n) is 10.2. The average molecular weight is 494 g/mol. The molecule has 9 heteroatoms. The first-order chi connectivity index (χ1) is 16.2. The highest BCUT2D eigenvalue weighted by molar-refractivity contribution is 7.98. The number of ether oxygens (including phenoxy) is 2. The molecular weight excluding hydrogens is 478 g/mol. The molecule has 2 aromatic carbocycles. The average Bonchev–Trinajstić information content (AvgIpc) is 3.45. The van der Waals surface area contributed by atoms with Gasteiger partial charge in [0.05, 0.1) is 12.1 Å². The van der Waals surface area contributed by atoms with Crippen molar-refractivity contribution in [1.82, 2.24) is 14.5 Å². The van der Waals surface area contributed by atoms with Crippen molar-refractivity contribution in [3.63, 3.8) is 0 Å². The quantitative estimate of drug-likeness (QED) is 0.230. The minimum Gasteiger partial charge on any atom is -0.454 e. The van der Waals surface area contributed by atoms with Crippen molar-refractivity contribution in [3.8, 4) is 11.5 Å². The molecule has 164 valence electrons. The lowest BCUT2D eigenvalue weighted by Crippen LogP contribution is -2.23. The van der Waals surface area contributed by atoms with Crippen LogP contribution in [0.1, 0.15) is 11.1 Å². The molecule has 0 amide bonds. The van der Waals surface area contributed by atoms with Crippen LogP contribution in [0.3, 0.4) is 0 Å². The minimum absolute atomic E-state index is 0.0701. The maximum atomic E-state index is 13.6. The third-order valence-electron chi connectivity index (χ3n) is 5.38. The van der Waals surface area contributed by atoms with Gasteiger partial charge in [-0.2, -0.15) is 0 Å². The number of hydrogen-bond donors (Lipinski definition) is 0. The van der Waals surface area contributed by atoms with Gasteiger partial charge in [-0.1, -0.05) is 41.6 Å². The molecule has 6 nitrogen and oxygen atoms in total. The van der Waals surface area contributed by atoms with Gasteiger partial charge in [-0.15, -0.1) is 11.3 Å². The molecule has 0 saturated carbocycles. The summed E-state index contributed by atoms with van der Waals surface area (Å²) in [5.41, 5.74) is 2.67. The van der Waals surface area contributed by atoms with Crippen LogP contribution in [-0.2, 0) is 12.3 Å². The van der Waals surface area contributed by atoms with Crippen molar-refractivity contribution in [1.29, 1.82) is 0 Å². The van der Waals surface area contributed by atoms with Crippen LogP contribution in [0, 0.1) is 0 Å². The van der Waals surface area contributed by atoms with Crippen LogP contribution in [0.15, 0.2) is 70.7 Å². The van der Waals surface area contributed by atoms with E-state index in [0.717, 1.165) is 21.3 Å². The maximum Gasteiger partial charge on any atom is 0.272 e. The monoisotopic (exact) mass is 493 g/mol. The number of rotatable bonds is 5. The highest BCUT2D eigenvalue weighted by atomic mass is 35.5. The molecule has 33 heavy (non-hydrogen) atoms. The normalized spacial score (nSPS) is 12.6. The van der Waals surface area contributed by atoms with Gasteiger partial charge >= 0.3 is 0 Å². The van der Waals surface area contributed by atoms with Crippen LogP contribution in [0.25, 0.3) is 20.4 Å².